The first kappa shape index (κ1) is 13.4. The molecule has 0 spiro atoms. The van der Waals surface area contributed by atoms with Crippen molar-refractivity contribution in [2.45, 2.75) is 20.4 Å². The van der Waals surface area contributed by atoms with Gasteiger partial charge in [-0.1, -0.05) is 0 Å². The lowest BCUT2D eigenvalue weighted by molar-refractivity contribution is 0.0951. The van der Waals surface area contributed by atoms with E-state index >= 15 is 0 Å². The van der Waals surface area contributed by atoms with Gasteiger partial charge < -0.3 is 10.7 Å². The second kappa shape index (κ2) is 5.77. The van der Waals surface area contributed by atoms with Gasteiger partial charge in [0, 0.05) is 16.1 Å². The lowest BCUT2D eigenvalue weighted by Gasteiger charge is -2.07. The average molecular weight is 277 g/mol. The Kier molecular flexibility index (Phi) is 4.08. The lowest BCUT2D eigenvalue weighted by atomic mass is 10.2. The number of nitrogens with one attached hydrogen (secondary N) is 2. The van der Waals surface area contributed by atoms with Crippen LogP contribution in [0.1, 0.15) is 26.6 Å². The zero-order valence-corrected chi connectivity index (χ0v) is 11.5. The van der Waals surface area contributed by atoms with Gasteiger partial charge in [-0.05, 0) is 26.0 Å². The maximum absolute atomic E-state index is 12.0. The van der Waals surface area contributed by atoms with Crippen molar-refractivity contribution in [3.63, 3.8) is 0 Å². The van der Waals surface area contributed by atoms with Crippen LogP contribution in [0, 0.1) is 13.8 Å². The Morgan fingerprint density at radius 2 is 2.21 bits per heavy atom. The Hall–Kier alpha value is -1.99. The largest absolute Gasteiger partial charge is 0.347 e. The van der Waals surface area contributed by atoms with Crippen molar-refractivity contribution in [2.24, 2.45) is 5.84 Å². The number of aromatic nitrogens is 2. The molecule has 0 aliphatic carbocycles. The SMILES string of the molecule is Cc1cc(C(=O)NCc2scnc2C)cc(NN)n1. The zero-order valence-electron chi connectivity index (χ0n) is 10.7. The van der Waals surface area contributed by atoms with E-state index in [9.17, 15) is 4.79 Å². The van der Waals surface area contributed by atoms with Crippen molar-refractivity contribution in [3.8, 4) is 0 Å². The second-order valence-electron chi connectivity index (χ2n) is 4.07. The Morgan fingerprint density at radius 3 is 2.84 bits per heavy atom. The number of anilines is 1. The fraction of sp³-hybridized carbons (Fsp3) is 0.250. The normalized spacial score (nSPS) is 10.3. The summed E-state index contributed by atoms with van der Waals surface area (Å²) in [5, 5.41) is 2.86. The molecule has 100 valence electrons. The molecule has 2 rings (SSSR count). The van der Waals surface area contributed by atoms with Crippen LogP contribution >= 0.6 is 11.3 Å². The highest BCUT2D eigenvalue weighted by Gasteiger charge is 2.09. The molecule has 0 bridgehead atoms. The molecule has 0 radical (unpaired) electrons. The van der Waals surface area contributed by atoms with E-state index in [1.807, 2.05) is 13.8 Å². The summed E-state index contributed by atoms with van der Waals surface area (Å²) in [4.78, 5) is 21.4. The van der Waals surface area contributed by atoms with Crippen molar-refractivity contribution in [1.29, 1.82) is 0 Å². The molecule has 0 aromatic carbocycles. The quantitative estimate of drug-likeness (QED) is 0.580. The number of nitrogen functional groups attached to an aromatic ring is 1. The van der Waals surface area contributed by atoms with Crippen molar-refractivity contribution >= 4 is 23.1 Å². The fourth-order valence-corrected chi connectivity index (χ4v) is 2.35. The van der Waals surface area contributed by atoms with Crippen LogP contribution in [0.4, 0.5) is 5.82 Å². The number of thiazole rings is 1. The van der Waals surface area contributed by atoms with Crippen molar-refractivity contribution < 1.29 is 4.79 Å². The summed E-state index contributed by atoms with van der Waals surface area (Å²) in [5.74, 6) is 5.62. The van der Waals surface area contributed by atoms with Gasteiger partial charge >= 0.3 is 0 Å². The first-order chi connectivity index (χ1) is 9.10. The number of amides is 1. The van der Waals surface area contributed by atoms with E-state index in [2.05, 4.69) is 20.7 Å². The zero-order chi connectivity index (χ0) is 13.8. The van der Waals surface area contributed by atoms with Gasteiger partial charge in [0.25, 0.3) is 5.91 Å². The van der Waals surface area contributed by atoms with E-state index in [-0.39, 0.29) is 5.91 Å². The minimum Gasteiger partial charge on any atom is -0.347 e. The highest BCUT2D eigenvalue weighted by Crippen LogP contribution is 2.13. The topological polar surface area (TPSA) is 92.9 Å². The van der Waals surface area contributed by atoms with Crippen LogP contribution in [0.15, 0.2) is 17.6 Å². The van der Waals surface area contributed by atoms with E-state index in [0.29, 0.717) is 17.9 Å². The monoisotopic (exact) mass is 277 g/mol. The molecule has 1 amide bonds. The van der Waals surface area contributed by atoms with Gasteiger partial charge in [0.05, 0.1) is 17.7 Å². The van der Waals surface area contributed by atoms with Gasteiger partial charge in [0.1, 0.15) is 5.82 Å². The van der Waals surface area contributed by atoms with Gasteiger partial charge in [0.2, 0.25) is 0 Å². The molecule has 0 atom stereocenters. The molecule has 0 fully saturated rings. The third kappa shape index (κ3) is 3.27. The molecule has 7 heteroatoms. The van der Waals surface area contributed by atoms with Gasteiger partial charge in [-0.3, -0.25) is 4.79 Å². The van der Waals surface area contributed by atoms with Crippen LogP contribution in [0.25, 0.3) is 0 Å². The first-order valence-electron chi connectivity index (χ1n) is 5.72. The van der Waals surface area contributed by atoms with Crippen molar-refractivity contribution in [3.05, 3.63) is 39.5 Å². The number of aryl methyl sites for hydroxylation is 2. The van der Waals surface area contributed by atoms with Crippen LogP contribution in [0.5, 0.6) is 0 Å². The summed E-state index contributed by atoms with van der Waals surface area (Å²) in [6.07, 6.45) is 0. The number of pyridine rings is 1. The van der Waals surface area contributed by atoms with Crippen LogP contribution < -0.4 is 16.6 Å². The molecular formula is C12H15N5OS. The van der Waals surface area contributed by atoms with Crippen LogP contribution in [-0.2, 0) is 6.54 Å². The fourth-order valence-electron chi connectivity index (χ4n) is 1.63. The highest BCUT2D eigenvalue weighted by atomic mass is 32.1. The van der Waals surface area contributed by atoms with Gasteiger partial charge in [-0.15, -0.1) is 11.3 Å². The van der Waals surface area contributed by atoms with Gasteiger partial charge in [-0.2, -0.15) is 0 Å². The Labute approximate surface area is 115 Å². The van der Waals surface area contributed by atoms with Crippen LogP contribution in [0.3, 0.4) is 0 Å². The maximum atomic E-state index is 12.0. The van der Waals surface area contributed by atoms with E-state index in [0.717, 1.165) is 16.3 Å². The molecule has 0 saturated heterocycles. The van der Waals surface area contributed by atoms with E-state index < -0.39 is 0 Å². The molecular weight excluding hydrogens is 262 g/mol. The molecule has 2 aromatic rings. The molecule has 0 saturated carbocycles. The second-order valence-corrected chi connectivity index (χ2v) is 5.01. The summed E-state index contributed by atoms with van der Waals surface area (Å²) >= 11 is 1.53. The van der Waals surface area contributed by atoms with Crippen molar-refractivity contribution in [2.75, 3.05) is 5.43 Å². The lowest BCUT2D eigenvalue weighted by Crippen LogP contribution is -2.23. The number of hydrazine groups is 1. The van der Waals surface area contributed by atoms with Gasteiger partial charge in [0.15, 0.2) is 0 Å². The molecule has 0 aliphatic rings. The van der Waals surface area contributed by atoms with Gasteiger partial charge in [-0.25, -0.2) is 15.8 Å². The molecule has 2 heterocycles. The molecule has 19 heavy (non-hydrogen) atoms. The number of nitrogens with zero attached hydrogens (tertiary/aromatic N) is 2. The van der Waals surface area contributed by atoms with Crippen molar-refractivity contribution in [1.82, 2.24) is 15.3 Å². The predicted molar refractivity (Wildman–Crippen MR) is 74.8 cm³/mol. The third-order valence-corrected chi connectivity index (χ3v) is 3.55. The predicted octanol–water partition coefficient (Wildman–Crippen LogP) is 1.37. The van der Waals surface area contributed by atoms with Crippen LogP contribution in [-0.4, -0.2) is 15.9 Å². The number of carbonyl (C=O) groups excluding carboxylic acids is 1. The number of rotatable bonds is 4. The molecule has 0 aliphatic heterocycles. The highest BCUT2D eigenvalue weighted by molar-refractivity contribution is 7.09. The Balaban J connectivity index is 2.08. The summed E-state index contributed by atoms with van der Waals surface area (Å²) in [5.41, 5.74) is 6.42. The number of nitrogens with two attached hydrogens (primary N) is 1. The van der Waals surface area contributed by atoms with E-state index in [1.165, 1.54) is 11.3 Å². The number of hydrogen-bond donors (Lipinski definition) is 3. The molecule has 0 unspecified atom stereocenters. The van der Waals surface area contributed by atoms with E-state index in [1.54, 1.807) is 17.6 Å². The maximum Gasteiger partial charge on any atom is 0.251 e. The summed E-state index contributed by atoms with van der Waals surface area (Å²) in [6, 6.07) is 3.33. The number of hydrogen-bond acceptors (Lipinski definition) is 6. The molecule has 2 aromatic heterocycles. The summed E-state index contributed by atoms with van der Waals surface area (Å²) in [6.45, 7) is 4.21. The summed E-state index contributed by atoms with van der Waals surface area (Å²) in [7, 11) is 0. The minimum absolute atomic E-state index is 0.158. The Bertz CT molecular complexity index is 596. The Morgan fingerprint density at radius 1 is 1.42 bits per heavy atom. The molecule has 4 N–H and O–H groups in total. The standard InChI is InChI=1S/C12H15N5OS/c1-7-3-9(4-11(16-7)17-13)12(18)14-5-10-8(2)15-6-19-10/h3-4,6H,5,13H2,1-2H3,(H,14,18)(H,16,17). The first-order valence-corrected chi connectivity index (χ1v) is 6.60. The minimum atomic E-state index is -0.158. The average Bonchev–Trinajstić information content (AvgIpc) is 2.80. The van der Waals surface area contributed by atoms with E-state index in [4.69, 9.17) is 5.84 Å². The smallest absolute Gasteiger partial charge is 0.251 e. The number of carbonyl (C=O) groups is 1. The van der Waals surface area contributed by atoms with Crippen LogP contribution in [0.2, 0.25) is 0 Å². The summed E-state index contributed by atoms with van der Waals surface area (Å²) < 4.78 is 0. The molecule has 6 nitrogen and oxygen atoms in total. The third-order valence-electron chi connectivity index (χ3n) is 2.62.